The van der Waals surface area contributed by atoms with Crippen LogP contribution in [-0.2, 0) is 25.7 Å². The Morgan fingerprint density at radius 2 is 0.350 bits per heavy atom. The Morgan fingerprint density at radius 3 is 0.510 bits per heavy atom. The van der Waals surface area contributed by atoms with Crippen LogP contribution in [0.2, 0.25) is 0 Å². The third-order valence-electron chi connectivity index (χ3n) is 20.2. The molecular formula is C92H116I4O4. The van der Waals surface area contributed by atoms with Crippen LogP contribution in [0.25, 0.3) is 44.5 Å². The first-order valence-electron chi connectivity index (χ1n) is 39.3. The third kappa shape index (κ3) is 26.2. The first kappa shape index (κ1) is 80.0. The molecule has 0 atom stereocenters. The van der Waals surface area contributed by atoms with Gasteiger partial charge in [0.2, 0.25) is 0 Å². The largest absolute Gasteiger partial charge is 0.493 e. The lowest BCUT2D eigenvalue weighted by atomic mass is 9.86. The molecule has 0 saturated carbocycles. The smallest absolute Gasteiger partial charge is 0.126 e. The van der Waals surface area contributed by atoms with E-state index in [2.05, 4.69) is 264 Å². The van der Waals surface area contributed by atoms with Crippen molar-refractivity contribution in [2.75, 3.05) is 26.4 Å². The summed E-state index contributed by atoms with van der Waals surface area (Å²) in [5.41, 5.74) is 19.1. The summed E-state index contributed by atoms with van der Waals surface area (Å²) in [6.45, 7) is 11.9. The number of hydrogen-bond donors (Lipinski definition) is 0. The fourth-order valence-electron chi connectivity index (χ4n) is 14.5. The fraction of sp³-hybridized carbons (Fsp3) is 0.478. The molecule has 0 fully saturated rings. The van der Waals surface area contributed by atoms with Crippen molar-refractivity contribution in [3.05, 3.63) is 204 Å². The summed E-state index contributed by atoms with van der Waals surface area (Å²) in [5, 5.41) is 0. The molecule has 0 radical (unpaired) electrons. The molecule has 0 heterocycles. The van der Waals surface area contributed by atoms with Crippen LogP contribution in [-0.4, -0.2) is 26.4 Å². The topological polar surface area (TPSA) is 36.9 Å². The summed E-state index contributed by atoms with van der Waals surface area (Å²) in [6, 6.07) is 56.3. The molecule has 8 aromatic rings. The van der Waals surface area contributed by atoms with Crippen molar-refractivity contribution in [2.24, 2.45) is 0 Å². The molecule has 0 unspecified atom stereocenters. The second kappa shape index (κ2) is 45.3. The lowest BCUT2D eigenvalue weighted by molar-refractivity contribution is 0.293. The van der Waals surface area contributed by atoms with E-state index in [4.69, 9.17) is 18.9 Å². The van der Waals surface area contributed by atoms with Crippen LogP contribution in [0, 0.1) is 14.3 Å². The predicted octanol–water partition coefficient (Wildman–Crippen LogP) is 29.5. The van der Waals surface area contributed by atoms with Gasteiger partial charge in [0.05, 0.1) is 26.4 Å². The van der Waals surface area contributed by atoms with E-state index in [9.17, 15) is 0 Å². The molecule has 1 aliphatic carbocycles. The van der Waals surface area contributed by atoms with Gasteiger partial charge in [-0.25, -0.2) is 0 Å². The van der Waals surface area contributed by atoms with E-state index >= 15 is 0 Å². The van der Waals surface area contributed by atoms with Crippen molar-refractivity contribution in [1.29, 1.82) is 0 Å². The molecule has 8 heteroatoms. The standard InChI is InChI=1S/C92H116I4O4/c1-5-9-13-17-21-25-29-33-53-97-89-77-57-73(69-37-45-85(93)46-38-69)58-78(89)66-80-60-75(71-41-49-87(95)50-42-71)62-82(91(80)99-55-35-31-27-23-19-15-11-7-3)68-84-64-76(72-43-51-88(96)52-44-72)63-83(92(84)100-56-36-32-28-24-20-16-12-8-4)67-81-61-74(70-39-47-86(94)48-40-70)59-79(65-77)90(81)98-54-34-30-26-22-18-14-10-6-2/h37-52,57-64H,5-36,53-56,65-68H2,1-4H3. The number of fused-ring (bicyclic) bond motifs is 8. The third-order valence-corrected chi connectivity index (χ3v) is 23.1. The zero-order valence-corrected chi connectivity index (χ0v) is 69.9. The summed E-state index contributed by atoms with van der Waals surface area (Å²) in [6.07, 6.45) is 42.2. The molecule has 8 aromatic carbocycles. The normalized spacial score (nSPS) is 12.1. The molecule has 0 saturated heterocycles. The summed E-state index contributed by atoms with van der Waals surface area (Å²) >= 11 is 9.83. The van der Waals surface area contributed by atoms with Gasteiger partial charge in [-0.2, -0.15) is 0 Å². The van der Waals surface area contributed by atoms with Crippen LogP contribution in [0.3, 0.4) is 0 Å². The minimum absolute atomic E-state index is 0.626. The first-order chi connectivity index (χ1) is 49.1. The second-order valence-electron chi connectivity index (χ2n) is 28.5. The minimum atomic E-state index is 0.626. The van der Waals surface area contributed by atoms with Gasteiger partial charge in [0.15, 0.2) is 0 Å². The van der Waals surface area contributed by atoms with Crippen LogP contribution >= 0.6 is 90.4 Å². The first-order valence-corrected chi connectivity index (χ1v) is 43.6. The Bertz CT molecular complexity index is 3090. The number of hydrogen-bond acceptors (Lipinski definition) is 4. The fourth-order valence-corrected chi connectivity index (χ4v) is 15.9. The van der Waals surface area contributed by atoms with Crippen LogP contribution in [0.1, 0.15) is 278 Å². The number of benzene rings is 8. The predicted molar refractivity (Wildman–Crippen MR) is 462 cm³/mol. The highest BCUT2D eigenvalue weighted by atomic mass is 127. The minimum Gasteiger partial charge on any atom is -0.493 e. The molecule has 9 rings (SSSR count). The van der Waals surface area contributed by atoms with Gasteiger partial charge in [0, 0.05) is 40.0 Å². The molecule has 8 bridgehead atoms. The van der Waals surface area contributed by atoms with Crippen LogP contribution in [0.15, 0.2) is 146 Å². The average Bonchev–Trinajstić information content (AvgIpc) is 0.771. The van der Waals surface area contributed by atoms with Gasteiger partial charge in [-0.1, -0.05) is 256 Å². The summed E-state index contributed by atoms with van der Waals surface area (Å²) in [4.78, 5) is 0. The maximum atomic E-state index is 7.56. The maximum Gasteiger partial charge on any atom is 0.126 e. The molecule has 100 heavy (non-hydrogen) atoms. The average molecular weight is 1790 g/mol. The maximum absolute atomic E-state index is 7.56. The lowest BCUT2D eigenvalue weighted by Gasteiger charge is -2.25. The molecule has 0 amide bonds. The van der Waals surface area contributed by atoms with E-state index < -0.39 is 0 Å². The Morgan fingerprint density at radius 1 is 0.200 bits per heavy atom. The van der Waals surface area contributed by atoms with Crippen molar-refractivity contribution in [3.8, 4) is 67.5 Å². The molecule has 0 N–H and O–H groups in total. The van der Waals surface area contributed by atoms with Gasteiger partial charge in [-0.15, -0.1) is 0 Å². The Balaban J connectivity index is 1.29. The van der Waals surface area contributed by atoms with Crippen molar-refractivity contribution in [3.63, 3.8) is 0 Å². The molecule has 0 aliphatic heterocycles. The van der Waals surface area contributed by atoms with Gasteiger partial charge < -0.3 is 18.9 Å². The number of unbranched alkanes of at least 4 members (excludes halogenated alkanes) is 28. The number of halogens is 4. The van der Waals surface area contributed by atoms with E-state index in [1.165, 1.54) is 257 Å². The van der Waals surface area contributed by atoms with E-state index in [-0.39, 0.29) is 0 Å². The number of rotatable bonds is 44. The van der Waals surface area contributed by atoms with E-state index in [0.717, 1.165) is 74.4 Å². The monoisotopic (exact) mass is 1790 g/mol. The number of ether oxygens (including phenoxy) is 4. The molecule has 4 nitrogen and oxygen atoms in total. The summed E-state index contributed by atoms with van der Waals surface area (Å²) < 4.78 is 35.2. The molecule has 0 spiro atoms. The molecular weight excluding hydrogens is 1680 g/mol. The van der Waals surface area contributed by atoms with Crippen molar-refractivity contribution < 1.29 is 18.9 Å². The zero-order chi connectivity index (χ0) is 69.9. The highest BCUT2D eigenvalue weighted by molar-refractivity contribution is 14.1. The SMILES string of the molecule is CCCCCCCCCCOc1c2cc(-c3ccc(I)cc3)cc1Cc1cc(-c3ccc(I)cc3)cc(c1OCCCCCCCCCC)Cc1cc(-c3ccc(I)cc3)cc(c1OCCCCCCCCCC)Cc1cc(-c3ccc(I)cc3)cc(c1OCCCCCCCCCC)C2. The van der Waals surface area contributed by atoms with E-state index in [1.807, 2.05) is 0 Å². The zero-order valence-electron chi connectivity index (χ0n) is 61.3. The van der Waals surface area contributed by atoms with Crippen molar-refractivity contribution >= 4 is 90.4 Å². The summed E-state index contributed by atoms with van der Waals surface area (Å²) in [7, 11) is 0. The van der Waals surface area contributed by atoms with Gasteiger partial charge in [0.25, 0.3) is 0 Å². The van der Waals surface area contributed by atoms with E-state index in [0.29, 0.717) is 52.1 Å². The molecule has 0 aromatic heterocycles. The second-order valence-corrected chi connectivity index (χ2v) is 33.5. The Labute approximate surface area is 659 Å². The quantitative estimate of drug-likeness (QED) is 0.0282. The van der Waals surface area contributed by atoms with E-state index in [1.54, 1.807) is 0 Å². The van der Waals surface area contributed by atoms with Gasteiger partial charge in [-0.05, 0) is 302 Å². The Kier molecular flexibility index (Phi) is 36.2. The van der Waals surface area contributed by atoms with Crippen LogP contribution in [0.5, 0.6) is 23.0 Å². The van der Waals surface area contributed by atoms with Gasteiger partial charge in [-0.3, -0.25) is 0 Å². The van der Waals surface area contributed by atoms with Gasteiger partial charge in [0.1, 0.15) is 23.0 Å². The van der Waals surface area contributed by atoms with Crippen LogP contribution in [0.4, 0.5) is 0 Å². The molecule has 1 aliphatic rings. The van der Waals surface area contributed by atoms with Crippen molar-refractivity contribution in [2.45, 2.75) is 259 Å². The Hall–Kier alpha value is -4.12. The highest BCUT2D eigenvalue weighted by Gasteiger charge is 2.26. The van der Waals surface area contributed by atoms with Crippen LogP contribution < -0.4 is 18.9 Å². The van der Waals surface area contributed by atoms with Crippen molar-refractivity contribution in [1.82, 2.24) is 0 Å². The summed E-state index contributed by atoms with van der Waals surface area (Å²) in [5.74, 6) is 4.00. The molecule has 536 valence electrons. The highest BCUT2D eigenvalue weighted by Crippen LogP contribution is 2.45. The van der Waals surface area contributed by atoms with Gasteiger partial charge >= 0.3 is 0 Å². The lowest BCUT2D eigenvalue weighted by Crippen LogP contribution is -2.11.